The largest absolute Gasteiger partial charge is 0.507 e. The Morgan fingerprint density at radius 2 is 1.70 bits per heavy atom. The van der Waals surface area contributed by atoms with Crippen LogP contribution >= 0.6 is 27.5 Å². The van der Waals surface area contributed by atoms with E-state index in [1.54, 1.807) is 36.4 Å². The average molecular weight is 486 g/mol. The predicted molar refractivity (Wildman–Crippen MR) is 116 cm³/mol. The summed E-state index contributed by atoms with van der Waals surface area (Å²) < 4.78 is 0.800. The number of pyridine rings is 1. The van der Waals surface area contributed by atoms with Gasteiger partial charge in [-0.1, -0.05) is 39.7 Å². The Bertz CT molecular complexity index is 1180. The van der Waals surface area contributed by atoms with Gasteiger partial charge in [-0.25, -0.2) is 0 Å². The highest BCUT2D eigenvalue weighted by Crippen LogP contribution is 2.45. The maximum atomic E-state index is 13.0. The Labute approximate surface area is 185 Å². The first-order valence-corrected chi connectivity index (χ1v) is 10.0. The van der Waals surface area contributed by atoms with Crippen LogP contribution in [-0.2, 0) is 9.59 Å². The van der Waals surface area contributed by atoms with E-state index in [-0.39, 0.29) is 27.8 Å². The van der Waals surface area contributed by atoms with Crippen molar-refractivity contribution in [1.82, 2.24) is 4.98 Å². The number of aromatic nitrogens is 1. The fourth-order valence-electron chi connectivity index (χ4n) is 3.39. The molecule has 2 heterocycles. The molecule has 3 aromatic rings. The average Bonchev–Trinajstić information content (AvgIpc) is 3.01. The van der Waals surface area contributed by atoms with Crippen LogP contribution in [0.3, 0.4) is 0 Å². The Morgan fingerprint density at radius 3 is 2.37 bits per heavy atom. The minimum atomic E-state index is -0.971. The Balaban J connectivity index is 1.97. The lowest BCUT2D eigenvalue weighted by Crippen LogP contribution is -2.29. The maximum absolute atomic E-state index is 13.0. The van der Waals surface area contributed by atoms with Crippen LogP contribution in [0, 0.1) is 0 Å². The summed E-state index contributed by atoms with van der Waals surface area (Å²) in [5.74, 6) is -2.28. The maximum Gasteiger partial charge on any atom is 0.300 e. The van der Waals surface area contributed by atoms with Gasteiger partial charge in [0.1, 0.15) is 11.5 Å². The molecule has 0 radical (unpaired) electrons. The summed E-state index contributed by atoms with van der Waals surface area (Å²) in [6.07, 6.45) is 3.04. The smallest absolute Gasteiger partial charge is 0.300 e. The second-order valence-electron chi connectivity index (χ2n) is 6.59. The van der Waals surface area contributed by atoms with Crippen molar-refractivity contribution in [1.29, 1.82) is 0 Å². The third-order valence-corrected chi connectivity index (χ3v) is 5.54. The van der Waals surface area contributed by atoms with Crippen LogP contribution in [0.5, 0.6) is 5.75 Å². The number of aliphatic hydroxyl groups excluding tert-OH is 1. The Kier molecular flexibility index (Phi) is 5.32. The molecule has 1 saturated heterocycles. The van der Waals surface area contributed by atoms with E-state index in [2.05, 4.69) is 20.9 Å². The number of phenolic OH excluding ortho intramolecular Hbond substituents is 1. The molecule has 8 heteroatoms. The van der Waals surface area contributed by atoms with E-state index in [9.17, 15) is 19.8 Å². The second-order valence-corrected chi connectivity index (χ2v) is 7.94. The number of hydrogen-bond donors (Lipinski definition) is 2. The van der Waals surface area contributed by atoms with E-state index in [0.717, 1.165) is 9.37 Å². The van der Waals surface area contributed by atoms with Crippen LogP contribution < -0.4 is 4.90 Å². The van der Waals surface area contributed by atoms with Crippen molar-refractivity contribution >= 4 is 50.7 Å². The van der Waals surface area contributed by atoms with Crippen LogP contribution in [-0.4, -0.2) is 26.9 Å². The monoisotopic (exact) mass is 484 g/mol. The summed E-state index contributed by atoms with van der Waals surface area (Å²) in [7, 11) is 0. The number of ketones is 1. The van der Waals surface area contributed by atoms with Crippen molar-refractivity contribution < 1.29 is 19.8 Å². The number of hydrogen-bond acceptors (Lipinski definition) is 5. The van der Waals surface area contributed by atoms with Gasteiger partial charge in [-0.15, -0.1) is 0 Å². The first-order chi connectivity index (χ1) is 14.4. The number of rotatable bonds is 3. The molecule has 1 amide bonds. The highest BCUT2D eigenvalue weighted by atomic mass is 79.9. The molecule has 0 saturated carbocycles. The van der Waals surface area contributed by atoms with Crippen LogP contribution in [0.2, 0.25) is 5.02 Å². The molecule has 0 bridgehead atoms. The lowest BCUT2D eigenvalue weighted by atomic mass is 9.96. The van der Waals surface area contributed by atoms with Crippen molar-refractivity contribution in [2.45, 2.75) is 6.04 Å². The van der Waals surface area contributed by atoms with E-state index in [0.29, 0.717) is 11.1 Å². The molecule has 30 heavy (non-hydrogen) atoms. The Morgan fingerprint density at radius 1 is 1.03 bits per heavy atom. The Hall–Kier alpha value is -3.16. The summed E-state index contributed by atoms with van der Waals surface area (Å²) in [6, 6.07) is 13.2. The van der Waals surface area contributed by atoms with Gasteiger partial charge in [0.15, 0.2) is 0 Å². The van der Waals surface area contributed by atoms with Gasteiger partial charge >= 0.3 is 0 Å². The zero-order valence-electron chi connectivity index (χ0n) is 15.3. The minimum Gasteiger partial charge on any atom is -0.507 e. The first kappa shape index (κ1) is 20.1. The number of Topliss-reactive ketones (excluding diaryl/α,β-unsaturated/α-hetero) is 1. The van der Waals surface area contributed by atoms with E-state index in [4.69, 9.17) is 11.6 Å². The molecule has 2 N–H and O–H groups in total. The lowest BCUT2D eigenvalue weighted by Gasteiger charge is -2.26. The standard InChI is InChI=1S/C22H14BrClN2O4/c23-14-3-1-13(2-4-14)20(28)18-19(12-7-9-25-10-8-12)26(22(30)21(18)29)16-11-15(24)5-6-17(16)27/h1-11,19,27-28H/b20-18+. The fourth-order valence-corrected chi connectivity index (χ4v) is 3.83. The number of benzene rings is 2. The van der Waals surface area contributed by atoms with Gasteiger partial charge in [0.2, 0.25) is 0 Å². The number of carbonyl (C=O) groups is 2. The molecule has 1 aliphatic heterocycles. The fraction of sp³-hybridized carbons (Fsp3) is 0.0455. The van der Waals surface area contributed by atoms with Gasteiger partial charge in [0, 0.05) is 27.5 Å². The number of aliphatic hydroxyl groups is 1. The van der Waals surface area contributed by atoms with Crippen molar-refractivity contribution in [2.24, 2.45) is 0 Å². The molecule has 1 unspecified atom stereocenters. The van der Waals surface area contributed by atoms with E-state index >= 15 is 0 Å². The number of nitrogens with zero attached hydrogens (tertiary/aromatic N) is 2. The van der Waals surface area contributed by atoms with Crippen molar-refractivity contribution in [3.8, 4) is 5.75 Å². The summed E-state index contributed by atoms with van der Waals surface area (Å²) in [6.45, 7) is 0. The molecule has 6 nitrogen and oxygen atoms in total. The molecule has 4 rings (SSSR count). The van der Waals surface area contributed by atoms with Gasteiger partial charge in [-0.2, -0.15) is 0 Å². The van der Waals surface area contributed by atoms with E-state index < -0.39 is 17.7 Å². The van der Waals surface area contributed by atoms with Gasteiger partial charge < -0.3 is 10.2 Å². The summed E-state index contributed by atoms with van der Waals surface area (Å²) in [5, 5.41) is 21.6. The second kappa shape index (κ2) is 7.93. The van der Waals surface area contributed by atoms with Crippen LogP contribution in [0.15, 0.2) is 77.0 Å². The number of carbonyl (C=O) groups excluding carboxylic acids is 2. The number of phenols is 1. The third kappa shape index (κ3) is 3.46. The molecule has 1 aliphatic rings. The zero-order chi connectivity index (χ0) is 21.4. The normalized spacial score (nSPS) is 18.1. The molecule has 1 atom stereocenters. The summed E-state index contributed by atoms with van der Waals surface area (Å²) in [5.41, 5.74) is 0.905. The summed E-state index contributed by atoms with van der Waals surface area (Å²) in [4.78, 5) is 31.1. The molecule has 1 aromatic heterocycles. The third-order valence-electron chi connectivity index (χ3n) is 4.78. The predicted octanol–water partition coefficient (Wildman–Crippen LogP) is 4.83. The number of aromatic hydroxyl groups is 1. The molecule has 2 aromatic carbocycles. The van der Waals surface area contributed by atoms with Crippen LogP contribution in [0.1, 0.15) is 17.2 Å². The number of anilines is 1. The summed E-state index contributed by atoms with van der Waals surface area (Å²) >= 11 is 9.40. The van der Waals surface area contributed by atoms with Gasteiger partial charge in [0.05, 0.1) is 17.3 Å². The molecule has 0 aliphatic carbocycles. The molecule has 1 fully saturated rings. The van der Waals surface area contributed by atoms with Gasteiger partial charge in [0.25, 0.3) is 11.7 Å². The highest BCUT2D eigenvalue weighted by Gasteiger charge is 2.47. The van der Waals surface area contributed by atoms with Crippen LogP contribution in [0.25, 0.3) is 5.76 Å². The van der Waals surface area contributed by atoms with Crippen molar-refractivity contribution in [3.05, 3.63) is 93.2 Å². The topological polar surface area (TPSA) is 90.7 Å². The molecule has 0 spiro atoms. The number of halogens is 2. The van der Waals surface area contributed by atoms with E-state index in [1.165, 1.54) is 30.6 Å². The number of amides is 1. The zero-order valence-corrected chi connectivity index (χ0v) is 17.6. The van der Waals surface area contributed by atoms with Gasteiger partial charge in [-0.05, 0) is 48.0 Å². The molecule has 150 valence electrons. The highest BCUT2D eigenvalue weighted by molar-refractivity contribution is 9.10. The van der Waals surface area contributed by atoms with Crippen LogP contribution in [0.4, 0.5) is 5.69 Å². The minimum absolute atomic E-state index is 0.0706. The van der Waals surface area contributed by atoms with Crippen molar-refractivity contribution in [3.63, 3.8) is 0 Å². The molecular formula is C22H14BrClN2O4. The SMILES string of the molecule is O=C1C(=O)N(c2cc(Cl)ccc2O)C(c2ccncc2)/C1=C(\O)c1ccc(Br)cc1. The lowest BCUT2D eigenvalue weighted by molar-refractivity contribution is -0.132. The first-order valence-electron chi connectivity index (χ1n) is 8.84. The quantitative estimate of drug-likeness (QED) is 0.315. The van der Waals surface area contributed by atoms with Crippen molar-refractivity contribution in [2.75, 3.05) is 4.90 Å². The molecular weight excluding hydrogens is 472 g/mol. The van der Waals surface area contributed by atoms with E-state index in [1.807, 2.05) is 0 Å². The van der Waals surface area contributed by atoms with Gasteiger partial charge in [-0.3, -0.25) is 19.5 Å².